The molecule has 0 bridgehead atoms. The van der Waals surface area contributed by atoms with Crippen LogP contribution in [0.3, 0.4) is 0 Å². The normalized spacial score (nSPS) is 22.4. The summed E-state index contributed by atoms with van der Waals surface area (Å²) in [6, 6.07) is 6.12. The lowest BCUT2D eigenvalue weighted by molar-refractivity contribution is -0.126. The average Bonchev–Trinajstić information content (AvgIpc) is 3.00. The molecule has 3 aliphatic rings. The van der Waals surface area contributed by atoms with Crippen molar-refractivity contribution in [3.8, 4) is 11.5 Å². The molecule has 1 aromatic rings. The lowest BCUT2D eigenvalue weighted by Gasteiger charge is -2.38. The van der Waals surface area contributed by atoms with Crippen molar-refractivity contribution in [2.24, 2.45) is 5.92 Å². The summed E-state index contributed by atoms with van der Waals surface area (Å²) >= 11 is 0. The third-order valence-electron chi connectivity index (χ3n) is 5.19. The number of carbonyl (C=O) groups excluding carboxylic acids is 1. The quantitative estimate of drug-likeness (QED) is 0.859. The molecule has 6 nitrogen and oxygen atoms in total. The van der Waals surface area contributed by atoms with Gasteiger partial charge in [0.05, 0.1) is 5.92 Å². The molecule has 1 amide bonds. The van der Waals surface area contributed by atoms with Crippen LogP contribution in [-0.4, -0.2) is 45.5 Å². The molecule has 2 fully saturated rings. The minimum Gasteiger partial charge on any atom is -0.454 e. The van der Waals surface area contributed by atoms with Gasteiger partial charge in [0.25, 0.3) is 0 Å². The standard InChI is InChI=1S/C17H22N2O4/c20-16(12-8-18-9-12)19-10-17(3-5-21-6-4-17)13-1-2-14-15(7-13)23-11-22-14/h1-2,7,12,18H,3-6,8-11H2,(H,19,20). The van der Waals surface area contributed by atoms with Crippen LogP contribution < -0.4 is 20.1 Å². The van der Waals surface area contributed by atoms with Gasteiger partial charge in [0.1, 0.15) is 0 Å². The SMILES string of the molecule is O=C(NCC1(c2ccc3c(c2)OCO3)CCOCC1)C1CNC1. The van der Waals surface area contributed by atoms with Crippen molar-refractivity contribution in [1.29, 1.82) is 0 Å². The van der Waals surface area contributed by atoms with Gasteiger partial charge >= 0.3 is 0 Å². The Bertz CT molecular complexity index is 594. The van der Waals surface area contributed by atoms with Crippen LogP contribution in [0, 0.1) is 5.92 Å². The Morgan fingerprint density at radius 1 is 1.22 bits per heavy atom. The van der Waals surface area contributed by atoms with Crippen molar-refractivity contribution in [3.63, 3.8) is 0 Å². The van der Waals surface area contributed by atoms with Gasteiger partial charge in [-0.1, -0.05) is 6.07 Å². The van der Waals surface area contributed by atoms with E-state index in [1.54, 1.807) is 0 Å². The van der Waals surface area contributed by atoms with Crippen LogP contribution in [0.2, 0.25) is 0 Å². The van der Waals surface area contributed by atoms with Gasteiger partial charge in [0.15, 0.2) is 11.5 Å². The first-order valence-corrected chi connectivity index (χ1v) is 8.23. The fourth-order valence-electron chi connectivity index (χ4n) is 3.43. The lowest BCUT2D eigenvalue weighted by Crippen LogP contribution is -2.53. The molecule has 0 radical (unpaired) electrons. The summed E-state index contributed by atoms with van der Waals surface area (Å²) in [5, 5.41) is 6.29. The summed E-state index contributed by atoms with van der Waals surface area (Å²) in [5.41, 5.74) is 1.10. The number of benzene rings is 1. The first-order chi connectivity index (χ1) is 11.3. The van der Waals surface area contributed by atoms with Crippen molar-refractivity contribution in [2.45, 2.75) is 18.3 Å². The molecule has 0 unspecified atom stereocenters. The topological polar surface area (TPSA) is 68.8 Å². The molecule has 0 saturated carbocycles. The van der Waals surface area contributed by atoms with E-state index in [1.165, 1.54) is 5.56 Å². The van der Waals surface area contributed by atoms with Crippen LogP contribution in [0.5, 0.6) is 11.5 Å². The maximum absolute atomic E-state index is 12.2. The average molecular weight is 318 g/mol. The molecule has 124 valence electrons. The molecule has 1 aromatic carbocycles. The van der Waals surface area contributed by atoms with Crippen LogP contribution in [-0.2, 0) is 14.9 Å². The Balaban J connectivity index is 1.54. The summed E-state index contributed by atoms with van der Waals surface area (Å²) < 4.78 is 16.5. The van der Waals surface area contributed by atoms with Crippen molar-refractivity contribution in [1.82, 2.24) is 10.6 Å². The number of ether oxygens (including phenoxy) is 3. The summed E-state index contributed by atoms with van der Waals surface area (Å²) in [6.45, 7) is 3.92. The minimum absolute atomic E-state index is 0.0912. The number of fused-ring (bicyclic) bond motifs is 1. The van der Waals surface area contributed by atoms with Gasteiger partial charge in [-0.2, -0.15) is 0 Å². The van der Waals surface area contributed by atoms with Crippen LogP contribution in [0.15, 0.2) is 18.2 Å². The van der Waals surface area contributed by atoms with Gasteiger partial charge in [-0.3, -0.25) is 4.79 Å². The molecule has 0 aliphatic carbocycles. The van der Waals surface area contributed by atoms with Crippen LogP contribution in [0.4, 0.5) is 0 Å². The highest BCUT2D eigenvalue weighted by atomic mass is 16.7. The Hall–Kier alpha value is -1.79. The van der Waals surface area contributed by atoms with Gasteiger partial charge in [-0.15, -0.1) is 0 Å². The van der Waals surface area contributed by atoms with Crippen molar-refractivity contribution < 1.29 is 19.0 Å². The number of carbonyl (C=O) groups is 1. The Morgan fingerprint density at radius 2 is 2.00 bits per heavy atom. The molecule has 0 atom stereocenters. The summed E-state index contributed by atoms with van der Waals surface area (Å²) in [7, 11) is 0. The first kappa shape index (κ1) is 14.8. The van der Waals surface area contributed by atoms with E-state index in [-0.39, 0.29) is 24.0 Å². The second-order valence-corrected chi connectivity index (χ2v) is 6.53. The zero-order valence-electron chi connectivity index (χ0n) is 13.1. The predicted octanol–water partition coefficient (Wildman–Crippen LogP) is 0.799. The number of nitrogens with one attached hydrogen (secondary N) is 2. The molecule has 2 saturated heterocycles. The summed E-state index contributed by atoms with van der Waals surface area (Å²) in [6.07, 6.45) is 1.80. The van der Waals surface area contributed by atoms with E-state index in [9.17, 15) is 4.79 Å². The van der Waals surface area contributed by atoms with E-state index in [4.69, 9.17) is 14.2 Å². The Kier molecular flexibility index (Phi) is 3.87. The highest BCUT2D eigenvalue weighted by Gasteiger charge is 2.37. The zero-order chi connectivity index (χ0) is 15.7. The van der Waals surface area contributed by atoms with E-state index in [0.717, 1.165) is 50.6 Å². The van der Waals surface area contributed by atoms with E-state index in [2.05, 4.69) is 22.8 Å². The molecular weight excluding hydrogens is 296 g/mol. The lowest BCUT2D eigenvalue weighted by atomic mass is 9.74. The van der Waals surface area contributed by atoms with Crippen LogP contribution in [0.25, 0.3) is 0 Å². The minimum atomic E-state index is -0.0912. The van der Waals surface area contributed by atoms with Gasteiger partial charge in [-0.25, -0.2) is 0 Å². The van der Waals surface area contributed by atoms with Crippen LogP contribution >= 0.6 is 0 Å². The molecule has 6 heteroatoms. The van der Waals surface area contributed by atoms with Crippen LogP contribution in [0.1, 0.15) is 18.4 Å². The molecule has 2 N–H and O–H groups in total. The second-order valence-electron chi connectivity index (χ2n) is 6.53. The number of amides is 1. The third-order valence-corrected chi connectivity index (χ3v) is 5.19. The Labute approximate surface area is 135 Å². The molecular formula is C17H22N2O4. The largest absolute Gasteiger partial charge is 0.454 e. The molecule has 3 aliphatic heterocycles. The molecule has 23 heavy (non-hydrogen) atoms. The fourth-order valence-corrected chi connectivity index (χ4v) is 3.43. The predicted molar refractivity (Wildman–Crippen MR) is 83.7 cm³/mol. The van der Waals surface area contributed by atoms with E-state index in [0.29, 0.717) is 6.54 Å². The smallest absolute Gasteiger partial charge is 0.231 e. The second kappa shape index (κ2) is 6.02. The molecule has 3 heterocycles. The van der Waals surface area contributed by atoms with Gasteiger partial charge in [0.2, 0.25) is 12.7 Å². The van der Waals surface area contributed by atoms with Gasteiger partial charge in [-0.05, 0) is 30.5 Å². The van der Waals surface area contributed by atoms with E-state index < -0.39 is 0 Å². The Morgan fingerprint density at radius 3 is 2.74 bits per heavy atom. The maximum Gasteiger partial charge on any atom is 0.231 e. The molecule has 4 rings (SSSR count). The first-order valence-electron chi connectivity index (χ1n) is 8.23. The fraction of sp³-hybridized carbons (Fsp3) is 0.588. The van der Waals surface area contributed by atoms with Crippen molar-refractivity contribution in [3.05, 3.63) is 23.8 Å². The van der Waals surface area contributed by atoms with Gasteiger partial charge < -0.3 is 24.8 Å². The highest BCUT2D eigenvalue weighted by molar-refractivity contribution is 5.80. The maximum atomic E-state index is 12.2. The summed E-state index contributed by atoms with van der Waals surface area (Å²) in [4.78, 5) is 12.2. The third kappa shape index (κ3) is 2.77. The number of rotatable bonds is 4. The van der Waals surface area contributed by atoms with E-state index in [1.807, 2.05) is 6.07 Å². The number of hydrogen-bond donors (Lipinski definition) is 2. The van der Waals surface area contributed by atoms with Crippen molar-refractivity contribution >= 4 is 5.91 Å². The molecule has 0 aromatic heterocycles. The highest BCUT2D eigenvalue weighted by Crippen LogP contribution is 2.40. The number of hydrogen-bond acceptors (Lipinski definition) is 5. The molecule has 0 spiro atoms. The summed E-state index contributed by atoms with van der Waals surface area (Å²) in [5.74, 6) is 1.85. The van der Waals surface area contributed by atoms with Gasteiger partial charge in [0, 0.05) is 38.3 Å². The zero-order valence-corrected chi connectivity index (χ0v) is 13.1. The van der Waals surface area contributed by atoms with Crippen molar-refractivity contribution in [2.75, 3.05) is 39.6 Å². The van der Waals surface area contributed by atoms with E-state index >= 15 is 0 Å². The monoisotopic (exact) mass is 318 g/mol.